The fraction of sp³-hybridized carbons (Fsp3) is 0.714. The van der Waals surface area contributed by atoms with Crippen molar-refractivity contribution in [2.75, 3.05) is 5.75 Å². The minimum absolute atomic E-state index is 0.254. The van der Waals surface area contributed by atoms with E-state index in [2.05, 4.69) is 10.1 Å². The largest absolute Gasteiger partial charge is 0.362 e. The third-order valence-corrected chi connectivity index (χ3v) is 3.15. The van der Waals surface area contributed by atoms with Crippen molar-refractivity contribution in [1.29, 1.82) is 0 Å². The molecule has 0 aromatic carbocycles. The fourth-order valence-electron chi connectivity index (χ4n) is 0.984. The summed E-state index contributed by atoms with van der Waals surface area (Å²) in [7, 11) is 1.81. The molecule has 0 atom stereocenters. The Labute approximate surface area is 74.4 Å². The third kappa shape index (κ3) is 1.72. The minimum Gasteiger partial charge on any atom is -0.264 e. The van der Waals surface area contributed by atoms with Gasteiger partial charge in [0.15, 0.2) is 5.16 Å². The standard InChI is InChI=1S/C7H11N3OS/c1-10-7(8-6(11)9-10)12-4-5-2-3-5/h5H,2-4H2,1H3,(H,9,11). The molecule has 1 aromatic rings. The van der Waals surface area contributed by atoms with Gasteiger partial charge in [-0.2, -0.15) is 4.98 Å². The van der Waals surface area contributed by atoms with E-state index in [4.69, 9.17) is 0 Å². The van der Waals surface area contributed by atoms with Crippen molar-refractivity contribution in [2.45, 2.75) is 18.0 Å². The van der Waals surface area contributed by atoms with Gasteiger partial charge in [0, 0.05) is 12.8 Å². The van der Waals surface area contributed by atoms with Crippen molar-refractivity contribution in [3.63, 3.8) is 0 Å². The molecule has 66 valence electrons. The zero-order valence-electron chi connectivity index (χ0n) is 6.91. The van der Waals surface area contributed by atoms with Crippen LogP contribution in [0.5, 0.6) is 0 Å². The average Bonchev–Trinajstić information content (AvgIpc) is 2.76. The van der Waals surface area contributed by atoms with Gasteiger partial charge in [0.2, 0.25) is 0 Å². The number of nitrogens with one attached hydrogen (secondary N) is 1. The van der Waals surface area contributed by atoms with Crippen LogP contribution in [0, 0.1) is 5.92 Å². The zero-order chi connectivity index (χ0) is 8.55. The predicted octanol–water partition coefficient (Wildman–Crippen LogP) is 0.611. The third-order valence-electron chi connectivity index (χ3n) is 1.89. The Morgan fingerprint density at radius 3 is 3.00 bits per heavy atom. The molecule has 0 amide bonds. The van der Waals surface area contributed by atoms with Crippen LogP contribution in [-0.2, 0) is 7.05 Å². The number of hydrogen-bond acceptors (Lipinski definition) is 3. The Kier molecular flexibility index (Phi) is 1.96. The van der Waals surface area contributed by atoms with Gasteiger partial charge in [-0.3, -0.25) is 4.68 Å². The van der Waals surface area contributed by atoms with E-state index in [9.17, 15) is 4.79 Å². The second-order valence-corrected chi connectivity index (χ2v) is 4.11. The molecule has 2 rings (SSSR count). The number of nitrogens with zero attached hydrogens (tertiary/aromatic N) is 2. The van der Waals surface area contributed by atoms with E-state index in [0.717, 1.165) is 16.8 Å². The Bertz CT molecular complexity index is 326. The van der Waals surface area contributed by atoms with E-state index in [1.807, 2.05) is 7.05 Å². The zero-order valence-corrected chi connectivity index (χ0v) is 7.73. The van der Waals surface area contributed by atoms with Crippen LogP contribution in [0.25, 0.3) is 0 Å². The van der Waals surface area contributed by atoms with Crippen LogP contribution in [-0.4, -0.2) is 20.5 Å². The molecule has 5 heteroatoms. The fourth-order valence-corrected chi connectivity index (χ4v) is 2.09. The quantitative estimate of drug-likeness (QED) is 0.702. The van der Waals surface area contributed by atoms with Crippen LogP contribution in [0.2, 0.25) is 0 Å². The van der Waals surface area contributed by atoms with E-state index in [0.29, 0.717) is 0 Å². The van der Waals surface area contributed by atoms with Gasteiger partial charge in [0.05, 0.1) is 0 Å². The molecular weight excluding hydrogens is 174 g/mol. The summed E-state index contributed by atoms with van der Waals surface area (Å²) in [5.41, 5.74) is -0.254. The number of thioether (sulfide) groups is 1. The first-order valence-corrected chi connectivity index (χ1v) is 5.00. The highest BCUT2D eigenvalue weighted by Crippen LogP contribution is 2.33. The lowest BCUT2D eigenvalue weighted by molar-refractivity contribution is 0.681. The van der Waals surface area contributed by atoms with Crippen molar-refractivity contribution in [1.82, 2.24) is 14.8 Å². The van der Waals surface area contributed by atoms with Gasteiger partial charge in [-0.15, -0.1) is 0 Å². The lowest BCUT2D eigenvalue weighted by atomic mass is 10.5. The Balaban J connectivity index is 2.00. The summed E-state index contributed by atoms with van der Waals surface area (Å²) in [6, 6.07) is 0. The molecule has 0 bridgehead atoms. The van der Waals surface area contributed by atoms with Crippen LogP contribution in [0.15, 0.2) is 9.95 Å². The average molecular weight is 185 g/mol. The summed E-state index contributed by atoms with van der Waals surface area (Å²) in [6.45, 7) is 0. The maximum atomic E-state index is 10.8. The van der Waals surface area contributed by atoms with Crippen LogP contribution >= 0.6 is 11.8 Å². The van der Waals surface area contributed by atoms with E-state index >= 15 is 0 Å². The van der Waals surface area contributed by atoms with E-state index in [-0.39, 0.29) is 5.69 Å². The molecule has 1 fully saturated rings. The molecule has 1 saturated carbocycles. The molecule has 1 aliphatic carbocycles. The summed E-state index contributed by atoms with van der Waals surface area (Å²) < 4.78 is 1.68. The number of hydrogen-bond donors (Lipinski definition) is 1. The first-order chi connectivity index (χ1) is 5.75. The summed E-state index contributed by atoms with van der Waals surface area (Å²) in [5.74, 6) is 1.96. The number of aromatic nitrogens is 3. The van der Waals surface area contributed by atoms with Gasteiger partial charge in [0.25, 0.3) is 0 Å². The second-order valence-electron chi connectivity index (χ2n) is 3.12. The highest BCUT2D eigenvalue weighted by atomic mass is 32.2. The number of aromatic amines is 1. The number of rotatable bonds is 3. The minimum atomic E-state index is -0.254. The molecule has 1 aromatic heterocycles. The summed E-state index contributed by atoms with van der Waals surface area (Å²) >= 11 is 1.66. The van der Waals surface area contributed by atoms with E-state index in [1.165, 1.54) is 12.8 Å². The lowest BCUT2D eigenvalue weighted by Gasteiger charge is -1.97. The Morgan fingerprint density at radius 1 is 1.75 bits per heavy atom. The van der Waals surface area contributed by atoms with Crippen molar-refractivity contribution >= 4 is 11.8 Å². The van der Waals surface area contributed by atoms with Gasteiger partial charge in [-0.25, -0.2) is 9.89 Å². The first-order valence-electron chi connectivity index (χ1n) is 4.01. The number of aryl methyl sites for hydroxylation is 1. The highest BCUT2D eigenvalue weighted by Gasteiger charge is 2.22. The molecule has 1 N–H and O–H groups in total. The molecule has 0 aliphatic heterocycles. The van der Waals surface area contributed by atoms with Crippen molar-refractivity contribution < 1.29 is 0 Å². The molecular formula is C7H11N3OS. The molecule has 4 nitrogen and oxygen atoms in total. The Morgan fingerprint density at radius 2 is 2.50 bits per heavy atom. The van der Waals surface area contributed by atoms with Crippen molar-refractivity contribution in [3.8, 4) is 0 Å². The van der Waals surface area contributed by atoms with E-state index in [1.54, 1.807) is 16.4 Å². The van der Waals surface area contributed by atoms with Crippen LogP contribution in [0.3, 0.4) is 0 Å². The highest BCUT2D eigenvalue weighted by molar-refractivity contribution is 7.99. The van der Waals surface area contributed by atoms with Gasteiger partial charge < -0.3 is 0 Å². The SMILES string of the molecule is Cn1[nH]c(=O)nc1SCC1CC1. The molecule has 0 unspecified atom stereocenters. The summed E-state index contributed by atoms with van der Waals surface area (Å²) in [5, 5.41) is 3.38. The smallest absolute Gasteiger partial charge is 0.264 e. The first kappa shape index (κ1) is 7.91. The molecule has 1 aliphatic rings. The van der Waals surface area contributed by atoms with Crippen molar-refractivity contribution in [3.05, 3.63) is 10.5 Å². The van der Waals surface area contributed by atoms with Crippen LogP contribution < -0.4 is 5.69 Å². The molecule has 0 saturated heterocycles. The predicted molar refractivity (Wildman–Crippen MR) is 47.3 cm³/mol. The van der Waals surface area contributed by atoms with Gasteiger partial charge >= 0.3 is 5.69 Å². The van der Waals surface area contributed by atoms with Gasteiger partial charge in [0.1, 0.15) is 0 Å². The van der Waals surface area contributed by atoms with Gasteiger partial charge in [-0.1, -0.05) is 11.8 Å². The maximum absolute atomic E-state index is 10.8. The summed E-state index contributed by atoms with van der Waals surface area (Å²) in [6.07, 6.45) is 2.68. The van der Waals surface area contributed by atoms with Crippen LogP contribution in [0.1, 0.15) is 12.8 Å². The summed E-state index contributed by atoms with van der Waals surface area (Å²) in [4.78, 5) is 14.6. The second kappa shape index (κ2) is 2.97. The van der Waals surface area contributed by atoms with E-state index < -0.39 is 0 Å². The molecule has 1 heterocycles. The molecule has 0 radical (unpaired) electrons. The van der Waals surface area contributed by atoms with Gasteiger partial charge in [-0.05, 0) is 18.8 Å². The topological polar surface area (TPSA) is 50.7 Å². The monoisotopic (exact) mass is 185 g/mol. The normalized spacial score (nSPS) is 16.8. The maximum Gasteiger partial charge on any atom is 0.362 e. The van der Waals surface area contributed by atoms with Crippen LogP contribution in [0.4, 0.5) is 0 Å². The molecule has 12 heavy (non-hydrogen) atoms. The number of H-pyrrole nitrogens is 1. The van der Waals surface area contributed by atoms with Crippen molar-refractivity contribution in [2.24, 2.45) is 13.0 Å². The Hall–Kier alpha value is -0.710. The lowest BCUT2D eigenvalue weighted by Crippen LogP contribution is -2.03. The molecule has 0 spiro atoms.